The van der Waals surface area contributed by atoms with E-state index in [0.717, 1.165) is 17.7 Å². The van der Waals surface area contributed by atoms with Crippen LogP contribution in [0.2, 0.25) is 5.02 Å². The van der Waals surface area contributed by atoms with Gasteiger partial charge in [0, 0.05) is 30.1 Å². The predicted molar refractivity (Wildman–Crippen MR) is 125 cm³/mol. The fraction of sp³-hybridized carbons (Fsp3) is 0.200. The number of Topliss-reactive ketones (excluding diaryl/α,β-unsaturated/α-hetero) is 1. The first-order valence-electron chi connectivity index (χ1n) is 10.5. The lowest BCUT2D eigenvalue weighted by Crippen LogP contribution is -2.36. The standard InChI is InChI=1S/C25H17ClF3N3OS/c26-18-7-6-16(25(27,28)29)12-20(18)32-19-4-3-5-21(33)23(19)22(15-8-11-34-14-15)17(13-30)24(32)31-9-1-2-10-31/h1-2,6-12,14,22H,3-5H2/t22-/m1/s1. The number of rotatable bonds is 3. The summed E-state index contributed by atoms with van der Waals surface area (Å²) in [6, 6.07) is 10.8. The minimum absolute atomic E-state index is 0.0823. The lowest BCUT2D eigenvalue weighted by Gasteiger charge is -2.41. The van der Waals surface area contributed by atoms with Gasteiger partial charge in [0.15, 0.2) is 5.78 Å². The summed E-state index contributed by atoms with van der Waals surface area (Å²) in [5, 5.41) is 14.2. The highest BCUT2D eigenvalue weighted by molar-refractivity contribution is 7.08. The van der Waals surface area contributed by atoms with Gasteiger partial charge in [-0.05, 0) is 65.6 Å². The summed E-state index contributed by atoms with van der Waals surface area (Å²) in [5.74, 6) is -0.333. The number of benzene rings is 1. The number of carbonyl (C=O) groups excluding carboxylic acids is 1. The first kappa shape index (κ1) is 22.5. The van der Waals surface area contributed by atoms with Crippen molar-refractivity contribution in [1.29, 1.82) is 5.26 Å². The van der Waals surface area contributed by atoms with Crippen molar-refractivity contribution < 1.29 is 18.0 Å². The Morgan fingerprint density at radius 3 is 2.56 bits per heavy atom. The van der Waals surface area contributed by atoms with Crippen molar-refractivity contribution in [1.82, 2.24) is 4.57 Å². The normalized spacial score (nSPS) is 18.9. The van der Waals surface area contributed by atoms with E-state index < -0.39 is 17.7 Å². The van der Waals surface area contributed by atoms with Crippen LogP contribution in [-0.2, 0) is 11.0 Å². The molecule has 0 spiro atoms. The highest BCUT2D eigenvalue weighted by Gasteiger charge is 2.42. The van der Waals surface area contributed by atoms with E-state index in [1.165, 1.54) is 17.4 Å². The molecule has 3 heterocycles. The number of nitrogens with zero attached hydrogens (tertiary/aromatic N) is 3. The summed E-state index contributed by atoms with van der Waals surface area (Å²) in [6.45, 7) is 0. The summed E-state index contributed by atoms with van der Waals surface area (Å²) in [6.07, 6.45) is 0.217. The molecule has 0 saturated carbocycles. The summed E-state index contributed by atoms with van der Waals surface area (Å²) < 4.78 is 42.6. The number of carbonyl (C=O) groups is 1. The van der Waals surface area contributed by atoms with Crippen LogP contribution in [0, 0.1) is 11.3 Å². The molecule has 5 rings (SSSR count). The van der Waals surface area contributed by atoms with Crippen LogP contribution in [0.5, 0.6) is 0 Å². The van der Waals surface area contributed by atoms with Crippen LogP contribution in [0.15, 0.2) is 76.4 Å². The molecule has 0 bridgehead atoms. The van der Waals surface area contributed by atoms with Crippen LogP contribution in [0.3, 0.4) is 0 Å². The van der Waals surface area contributed by atoms with Crippen molar-refractivity contribution >= 4 is 40.2 Å². The van der Waals surface area contributed by atoms with Crippen molar-refractivity contribution in [2.75, 3.05) is 4.90 Å². The number of nitriles is 1. The van der Waals surface area contributed by atoms with Crippen molar-refractivity contribution in [3.63, 3.8) is 0 Å². The molecule has 0 saturated heterocycles. The quantitative estimate of drug-likeness (QED) is 0.382. The fourth-order valence-electron chi connectivity index (χ4n) is 4.67. The van der Waals surface area contributed by atoms with Crippen LogP contribution >= 0.6 is 22.9 Å². The van der Waals surface area contributed by atoms with Gasteiger partial charge in [-0.15, -0.1) is 0 Å². The molecule has 1 aromatic carbocycles. The molecule has 9 heteroatoms. The van der Waals surface area contributed by atoms with E-state index in [1.54, 1.807) is 34.0 Å². The second-order valence-electron chi connectivity index (χ2n) is 8.07. The van der Waals surface area contributed by atoms with Gasteiger partial charge in [-0.1, -0.05) is 11.6 Å². The lowest BCUT2D eigenvalue weighted by atomic mass is 9.76. The number of hydrogen-bond donors (Lipinski definition) is 0. The van der Waals surface area contributed by atoms with Gasteiger partial charge >= 0.3 is 6.18 Å². The Labute approximate surface area is 202 Å². The average molecular weight is 500 g/mol. The predicted octanol–water partition coefficient (Wildman–Crippen LogP) is 7.23. The molecule has 2 aromatic heterocycles. The molecule has 0 amide bonds. The summed E-state index contributed by atoms with van der Waals surface area (Å²) in [7, 11) is 0. The van der Waals surface area contributed by atoms with Crippen molar-refractivity contribution in [3.8, 4) is 6.07 Å². The molecule has 0 N–H and O–H groups in total. The van der Waals surface area contributed by atoms with Gasteiger partial charge in [0.2, 0.25) is 0 Å². The van der Waals surface area contributed by atoms with Crippen LogP contribution in [0.25, 0.3) is 5.82 Å². The summed E-state index contributed by atoms with van der Waals surface area (Å²) in [4.78, 5) is 14.8. The van der Waals surface area contributed by atoms with Gasteiger partial charge in [-0.25, -0.2) is 0 Å². The third-order valence-corrected chi connectivity index (χ3v) is 7.11. The Hall–Kier alpha value is -3.28. The second kappa shape index (κ2) is 8.49. The van der Waals surface area contributed by atoms with Crippen molar-refractivity contribution in [2.24, 2.45) is 0 Å². The maximum absolute atomic E-state index is 13.6. The van der Waals surface area contributed by atoms with E-state index in [1.807, 2.05) is 16.8 Å². The first-order chi connectivity index (χ1) is 16.3. The Bertz CT molecular complexity index is 1370. The van der Waals surface area contributed by atoms with Crippen LogP contribution < -0.4 is 4.90 Å². The number of hydrogen-bond acceptors (Lipinski definition) is 4. The Morgan fingerprint density at radius 2 is 1.91 bits per heavy atom. The summed E-state index contributed by atoms with van der Waals surface area (Å²) >= 11 is 7.93. The SMILES string of the molecule is N#CC1=C(n2cccc2)N(c2cc(C(F)(F)F)ccc2Cl)C2=C(C(=O)CCC2)[C@@H]1c1ccsc1. The molecule has 3 aromatic rings. The van der Waals surface area contributed by atoms with Gasteiger partial charge in [-0.3, -0.25) is 9.69 Å². The molecule has 172 valence electrons. The van der Waals surface area contributed by atoms with Crippen molar-refractivity contribution in [3.05, 3.63) is 92.5 Å². The molecular weight excluding hydrogens is 483 g/mol. The number of alkyl halides is 3. The van der Waals surface area contributed by atoms with E-state index >= 15 is 0 Å². The third kappa shape index (κ3) is 3.65. The topological polar surface area (TPSA) is 49.0 Å². The maximum Gasteiger partial charge on any atom is 0.416 e. The molecule has 0 fully saturated rings. The molecule has 1 aliphatic carbocycles. The molecule has 1 atom stereocenters. The fourth-order valence-corrected chi connectivity index (χ4v) is 5.55. The molecule has 4 nitrogen and oxygen atoms in total. The zero-order valence-corrected chi connectivity index (χ0v) is 19.2. The third-order valence-electron chi connectivity index (χ3n) is 6.09. The van der Waals surface area contributed by atoms with Gasteiger partial charge in [0.05, 0.1) is 33.8 Å². The minimum Gasteiger partial charge on any atom is -0.309 e. The van der Waals surface area contributed by atoms with E-state index in [4.69, 9.17) is 11.6 Å². The van der Waals surface area contributed by atoms with Crippen molar-refractivity contribution in [2.45, 2.75) is 31.4 Å². The Kier molecular flexibility index (Phi) is 5.62. The molecule has 0 unspecified atom stereocenters. The molecular formula is C25H17ClF3N3OS. The molecule has 2 aliphatic rings. The zero-order chi connectivity index (χ0) is 24.0. The number of anilines is 1. The van der Waals surface area contributed by atoms with E-state index in [0.29, 0.717) is 36.4 Å². The smallest absolute Gasteiger partial charge is 0.309 e. The summed E-state index contributed by atoms with van der Waals surface area (Å²) in [5.41, 5.74) is 1.34. The Morgan fingerprint density at radius 1 is 1.15 bits per heavy atom. The van der Waals surface area contributed by atoms with Gasteiger partial charge in [0.1, 0.15) is 5.82 Å². The van der Waals surface area contributed by atoms with Gasteiger partial charge < -0.3 is 4.57 Å². The molecule has 34 heavy (non-hydrogen) atoms. The number of halogens is 4. The number of thiophene rings is 1. The number of aromatic nitrogens is 1. The minimum atomic E-state index is -4.58. The second-order valence-corrected chi connectivity index (χ2v) is 9.25. The van der Waals surface area contributed by atoms with E-state index in [2.05, 4.69) is 6.07 Å². The monoisotopic (exact) mass is 499 g/mol. The van der Waals surface area contributed by atoms with Gasteiger partial charge in [0.25, 0.3) is 0 Å². The lowest BCUT2D eigenvalue weighted by molar-refractivity contribution is -0.137. The van der Waals surface area contributed by atoms with Crippen LogP contribution in [0.1, 0.15) is 36.3 Å². The maximum atomic E-state index is 13.6. The first-order valence-corrected chi connectivity index (χ1v) is 11.9. The van der Waals surface area contributed by atoms with E-state index in [9.17, 15) is 23.2 Å². The average Bonchev–Trinajstić information content (AvgIpc) is 3.52. The Balaban J connectivity index is 1.86. The highest BCUT2D eigenvalue weighted by Crippen LogP contribution is 2.50. The molecule has 0 radical (unpaired) electrons. The van der Waals surface area contributed by atoms with Crippen LogP contribution in [-0.4, -0.2) is 10.4 Å². The number of ketones is 1. The largest absolute Gasteiger partial charge is 0.416 e. The van der Waals surface area contributed by atoms with Gasteiger partial charge in [-0.2, -0.15) is 29.8 Å². The van der Waals surface area contributed by atoms with E-state index in [-0.39, 0.29) is 22.1 Å². The highest BCUT2D eigenvalue weighted by atomic mass is 35.5. The zero-order valence-electron chi connectivity index (χ0n) is 17.6. The number of allylic oxidation sites excluding steroid dienone is 3. The van der Waals surface area contributed by atoms with Crippen LogP contribution in [0.4, 0.5) is 18.9 Å². The molecule has 1 aliphatic heterocycles.